The van der Waals surface area contributed by atoms with E-state index in [-0.39, 0.29) is 48.8 Å². The van der Waals surface area contributed by atoms with E-state index in [1.165, 1.54) is 117 Å². The summed E-state index contributed by atoms with van der Waals surface area (Å²) in [6.45, 7) is 30.0. The fourth-order valence-electron chi connectivity index (χ4n) is 13.8. The number of carboxylic acids is 1. The largest absolute Gasteiger partial charge is 0.494 e. The molecule has 0 aliphatic carbocycles. The highest BCUT2D eigenvalue weighted by molar-refractivity contribution is 9.09. The molecule has 0 amide bonds. The standard InChI is InChI=1S/C25H31N3O3.C15H22N2O4.C15H24N2O2.C8H9NO2.C8H17NO.C7H6FNO3.C5H11N.C3H7BrO.CH4O.2CH4/c1-17-8-10-22-21(15-17)25(29)28(19(3)26-22)23-11-9-20(16-24(23)30-4)31-14-6-13-27-12-5-7-18(27)2;1-12-5-3-8-16(12)9-4-10-21-13-6-7-14(17(18)19)15(11-13)20-2;1-12-5-3-8-17(12)9-4-10-19-13-6-7-14(16)15(11-13)18-2;1-5-2-3-7(9)6(4-5)8(10)11;1-8-4-2-5-9(8)6-3-7-10;1-12-7-4-5(8)2-3-6(7)9(10)11;1-5-3-2-4-6-5;4-2-1-3-5;1-2;;/h8-11,15-16,18H,5-7,12-14H2,1-4H3;6-7,11-12H,3-5,8-10H2,1-2H3;6-7,11-12H,3-5,8-10,16H2,1-2H3;2-4H,9H2,1H3,(H,10,11);8,10H,2-7H2,1H3;2-4H,1H3;5-6H,2-4H2,1H3;5H,1-3H2;2H,1H3;2*1H4/t18-;2*12-;;8-;;5-;;;;/m111.1.1..../s1. The number of nitro groups is 2. The predicted molar refractivity (Wildman–Crippen MR) is 479 cm³/mol. The topological polar surface area (TPSA) is 361 Å². The second-order valence-electron chi connectivity index (χ2n) is 29.2. The summed E-state index contributed by atoms with van der Waals surface area (Å²) < 4.78 is 51.9. The molecule has 0 unspecified atom stereocenters. The highest BCUT2D eigenvalue weighted by atomic mass is 79.9. The number of halogens is 2. The molecular weight excluding hydrogens is 1590 g/mol. The number of benzene rings is 6. The molecule has 28 nitrogen and oxygen atoms in total. The lowest BCUT2D eigenvalue weighted by Crippen LogP contribution is -2.28. The zero-order chi connectivity index (χ0) is 86.4. The molecule has 30 heteroatoms. The van der Waals surface area contributed by atoms with E-state index in [9.17, 15) is 34.2 Å². The number of likely N-dealkylation sites (tertiary alicyclic amines) is 4. The van der Waals surface area contributed by atoms with Gasteiger partial charge in [-0.3, -0.25) is 29.6 Å². The van der Waals surface area contributed by atoms with Crippen molar-refractivity contribution in [2.24, 2.45) is 0 Å². The molecule has 666 valence electrons. The number of aryl methyl sites for hydroxylation is 3. The molecule has 7 aromatic rings. The van der Waals surface area contributed by atoms with Crippen molar-refractivity contribution in [3.63, 3.8) is 0 Å². The number of aromatic carboxylic acids is 1. The van der Waals surface area contributed by atoms with Gasteiger partial charge in [0.25, 0.3) is 5.56 Å². The number of hydrogen-bond donors (Lipinski definition) is 7. The number of methoxy groups -OCH3 is 4. The summed E-state index contributed by atoms with van der Waals surface area (Å²) in [5, 5.41) is 58.2. The summed E-state index contributed by atoms with van der Waals surface area (Å²) >= 11 is 3.15. The molecule has 5 fully saturated rings. The molecule has 6 heterocycles. The zero-order valence-electron chi connectivity index (χ0n) is 71.1. The summed E-state index contributed by atoms with van der Waals surface area (Å²) in [7, 11) is 6.89. The second kappa shape index (κ2) is 58.9. The Morgan fingerprint density at radius 1 is 0.546 bits per heavy atom. The molecule has 5 saturated heterocycles. The maximum atomic E-state index is 13.2. The number of anilines is 2. The summed E-state index contributed by atoms with van der Waals surface area (Å²) in [5.74, 6) is 2.66. The Labute approximate surface area is 714 Å². The van der Waals surface area contributed by atoms with Crippen molar-refractivity contribution in [3.8, 4) is 45.9 Å². The van der Waals surface area contributed by atoms with Crippen LogP contribution in [0.3, 0.4) is 0 Å². The average molecular weight is 1730 g/mol. The number of nitrogens with one attached hydrogen (secondary N) is 1. The van der Waals surface area contributed by atoms with E-state index in [1.807, 2.05) is 75.4 Å². The van der Waals surface area contributed by atoms with E-state index in [0.29, 0.717) is 89.5 Å². The van der Waals surface area contributed by atoms with Crippen molar-refractivity contribution in [2.75, 3.05) is 144 Å². The highest BCUT2D eigenvalue weighted by Gasteiger charge is 2.24. The molecule has 12 rings (SSSR count). The molecule has 9 N–H and O–H groups in total. The monoisotopic (exact) mass is 1730 g/mol. The molecule has 0 bridgehead atoms. The van der Waals surface area contributed by atoms with Crippen LogP contribution >= 0.6 is 15.9 Å². The maximum Gasteiger partial charge on any atom is 0.337 e. The number of nitrogens with two attached hydrogens (primary N) is 2. The molecule has 5 aliphatic heterocycles. The van der Waals surface area contributed by atoms with Gasteiger partial charge in [0.05, 0.1) is 85.9 Å². The number of nitro benzene ring substituents is 2. The van der Waals surface area contributed by atoms with Gasteiger partial charge in [0.2, 0.25) is 5.75 Å². The van der Waals surface area contributed by atoms with Gasteiger partial charge in [0.15, 0.2) is 5.75 Å². The Kier molecular flexibility index (Phi) is 52.5. The van der Waals surface area contributed by atoms with Crippen LogP contribution in [0.25, 0.3) is 16.6 Å². The number of nitrogen functional groups attached to an aromatic ring is 2. The minimum Gasteiger partial charge on any atom is -0.494 e. The van der Waals surface area contributed by atoms with Gasteiger partial charge in [-0.1, -0.05) is 54.0 Å². The molecular formula is C89H139BrFN11O17. The number of alkyl halides is 1. The van der Waals surface area contributed by atoms with E-state index < -0.39 is 21.6 Å². The van der Waals surface area contributed by atoms with Crippen molar-refractivity contribution >= 4 is 55.6 Å². The minimum absolute atomic E-state index is 0. The first-order chi connectivity index (χ1) is 56.2. The lowest BCUT2D eigenvalue weighted by atomic mass is 10.1. The van der Waals surface area contributed by atoms with Gasteiger partial charge in [-0.05, 0) is 245 Å². The fourth-order valence-corrected chi connectivity index (χ4v) is 14.1. The number of rotatable bonds is 28. The first-order valence-corrected chi connectivity index (χ1v) is 41.7. The summed E-state index contributed by atoms with van der Waals surface area (Å²) in [4.78, 5) is 58.4. The average Bonchev–Trinajstić information content (AvgIpc) is 1.34. The summed E-state index contributed by atoms with van der Waals surface area (Å²) in [6.07, 6.45) is 18.0. The molecule has 0 radical (unpaired) electrons. The molecule has 0 spiro atoms. The normalized spacial score (nSPS) is 17.1. The van der Waals surface area contributed by atoms with Gasteiger partial charge < -0.3 is 90.0 Å². The molecule has 5 aliphatic rings. The van der Waals surface area contributed by atoms with E-state index in [2.05, 4.69) is 85.2 Å². The molecule has 5 atom stereocenters. The zero-order valence-corrected chi connectivity index (χ0v) is 72.7. The van der Waals surface area contributed by atoms with Crippen LogP contribution in [-0.2, 0) is 0 Å². The van der Waals surface area contributed by atoms with Crippen molar-refractivity contribution in [3.05, 3.63) is 168 Å². The number of aliphatic hydroxyl groups excluding tert-OH is 3. The number of aromatic nitrogens is 2. The number of ether oxygens (including phenoxy) is 7. The van der Waals surface area contributed by atoms with Gasteiger partial charge in [-0.2, -0.15) is 0 Å². The van der Waals surface area contributed by atoms with E-state index >= 15 is 0 Å². The first kappa shape index (κ1) is 106. The number of carbonyl (C=O) groups is 1. The summed E-state index contributed by atoms with van der Waals surface area (Å²) in [5.41, 5.74) is 15.2. The molecule has 6 aromatic carbocycles. The number of hydrogen-bond acceptors (Lipinski definition) is 24. The van der Waals surface area contributed by atoms with Gasteiger partial charge in [0, 0.05) is 124 Å². The van der Waals surface area contributed by atoms with Gasteiger partial charge in [-0.25, -0.2) is 14.2 Å². The lowest BCUT2D eigenvalue weighted by Gasteiger charge is -2.20. The van der Waals surface area contributed by atoms with Gasteiger partial charge in [-0.15, -0.1) is 0 Å². The van der Waals surface area contributed by atoms with Crippen molar-refractivity contribution in [1.82, 2.24) is 34.5 Å². The number of carboxylic acid groups (broad SMARTS) is 1. The number of nitrogens with zero attached hydrogens (tertiary/aromatic N) is 8. The first-order valence-electron chi connectivity index (χ1n) is 40.5. The Balaban J connectivity index is 0.000000485. The highest BCUT2D eigenvalue weighted by Crippen LogP contribution is 2.33. The van der Waals surface area contributed by atoms with Crippen LogP contribution in [0.1, 0.15) is 173 Å². The third-order valence-corrected chi connectivity index (χ3v) is 21.0. The van der Waals surface area contributed by atoms with Crippen LogP contribution < -0.4 is 55.5 Å². The van der Waals surface area contributed by atoms with Crippen LogP contribution in [-0.4, -0.2) is 228 Å². The minimum atomic E-state index is -0.980. The van der Waals surface area contributed by atoms with E-state index in [1.54, 1.807) is 49.1 Å². The predicted octanol–water partition coefficient (Wildman–Crippen LogP) is 15.9. The summed E-state index contributed by atoms with van der Waals surface area (Å²) in [6, 6.07) is 33.1. The Morgan fingerprint density at radius 3 is 1.34 bits per heavy atom. The number of fused-ring (bicyclic) bond motifs is 1. The Morgan fingerprint density at radius 2 is 0.958 bits per heavy atom. The molecule has 1 aromatic heterocycles. The Bertz CT molecular complexity index is 4120. The third-order valence-electron chi connectivity index (χ3n) is 20.5. The number of aliphatic hydroxyl groups is 3. The quantitative estimate of drug-likeness (QED) is 0.00787. The van der Waals surface area contributed by atoms with Gasteiger partial charge >= 0.3 is 17.3 Å². The Hall–Kier alpha value is -8.98. The van der Waals surface area contributed by atoms with Crippen molar-refractivity contribution in [1.29, 1.82) is 0 Å². The van der Waals surface area contributed by atoms with Crippen LogP contribution in [0.15, 0.2) is 114 Å². The fraction of sp³-hybridized carbons (Fsp3) is 0.562. The third kappa shape index (κ3) is 37.3. The van der Waals surface area contributed by atoms with Crippen molar-refractivity contribution < 1.29 is 72.6 Å². The van der Waals surface area contributed by atoms with Crippen molar-refractivity contribution in [2.45, 2.75) is 197 Å². The van der Waals surface area contributed by atoms with Crippen LogP contribution in [0.5, 0.6) is 40.2 Å². The van der Waals surface area contributed by atoms with Gasteiger partial charge in [0.1, 0.15) is 40.4 Å². The van der Waals surface area contributed by atoms with Crippen LogP contribution in [0.4, 0.5) is 27.1 Å². The SMILES string of the molecule is C.C.CO.COc1cc(F)ccc1[N+](=O)[O-].COc1cc(OCCCN2CCC[C@H]2C)ccc1-n1c(C)nc2ccc(C)cc2c1=O.COc1cc(OCCCN2CCC[C@H]2C)ccc1N.COc1cc(OCCCN2CCC[C@H]2C)ccc1[N+](=O)[O-].C[C@@H]1CCCN1.C[C@@H]1CCCN1CCCO.Cc1ccc(N)c(C(=O)O)c1.OCCCBr. The molecule has 119 heavy (non-hydrogen) atoms. The van der Waals surface area contributed by atoms with E-state index in [4.69, 9.17) is 60.3 Å². The second-order valence-corrected chi connectivity index (χ2v) is 30.0. The van der Waals surface area contributed by atoms with E-state index in [0.717, 1.165) is 136 Å². The van der Waals surface area contributed by atoms with Crippen LogP contribution in [0, 0.1) is 46.8 Å². The molecule has 0 saturated carbocycles. The smallest absolute Gasteiger partial charge is 0.337 e. The lowest BCUT2D eigenvalue weighted by molar-refractivity contribution is -0.385. The maximum absolute atomic E-state index is 13.2. The van der Waals surface area contributed by atoms with Crippen LogP contribution in [0.2, 0.25) is 0 Å².